The van der Waals surface area contributed by atoms with Crippen LogP contribution in [0.3, 0.4) is 0 Å². The Morgan fingerprint density at radius 1 is 1.52 bits per heavy atom. The number of imidazole rings is 1. The van der Waals surface area contributed by atoms with E-state index in [0.717, 1.165) is 15.8 Å². The summed E-state index contributed by atoms with van der Waals surface area (Å²) in [6.45, 7) is 5.83. The van der Waals surface area contributed by atoms with E-state index in [-0.39, 0.29) is 5.92 Å². The van der Waals surface area contributed by atoms with Gasteiger partial charge in [0.15, 0.2) is 5.65 Å². The summed E-state index contributed by atoms with van der Waals surface area (Å²) >= 11 is 3.50. The predicted molar refractivity (Wildman–Crippen MR) is 94.4 cm³/mol. The van der Waals surface area contributed by atoms with Gasteiger partial charge >= 0.3 is 0 Å². The van der Waals surface area contributed by atoms with Crippen molar-refractivity contribution in [3.8, 4) is 0 Å². The number of pyridine rings is 1. The molecule has 4 nitrogen and oxygen atoms in total. The lowest BCUT2D eigenvalue weighted by Crippen LogP contribution is -2.33. The van der Waals surface area contributed by atoms with E-state index >= 15 is 0 Å². The summed E-state index contributed by atoms with van der Waals surface area (Å²) in [6.07, 6.45) is 5.58. The van der Waals surface area contributed by atoms with E-state index in [0.29, 0.717) is 24.8 Å². The van der Waals surface area contributed by atoms with Crippen molar-refractivity contribution in [2.24, 2.45) is 5.14 Å². The molecule has 126 valence electrons. The van der Waals surface area contributed by atoms with E-state index in [1.165, 1.54) is 0 Å². The van der Waals surface area contributed by atoms with Crippen LogP contribution in [0.5, 0.6) is 0 Å². The van der Waals surface area contributed by atoms with Crippen LogP contribution in [0.1, 0.15) is 57.2 Å². The number of halogens is 2. The number of alkyl halides is 1. The number of fused-ring (bicyclic) bond motifs is 1. The molecule has 7 heteroatoms. The van der Waals surface area contributed by atoms with E-state index in [1.54, 1.807) is 0 Å². The summed E-state index contributed by atoms with van der Waals surface area (Å²) < 4.78 is 28.1. The molecule has 0 amide bonds. The van der Waals surface area contributed by atoms with Crippen LogP contribution in [0.4, 0.5) is 4.39 Å². The summed E-state index contributed by atoms with van der Waals surface area (Å²) in [5.74, 6) is 0.105. The highest BCUT2D eigenvalue weighted by molar-refractivity contribution is 9.10. The molecule has 2 aromatic rings. The summed E-state index contributed by atoms with van der Waals surface area (Å²) in [4.78, 5) is 4.65. The van der Waals surface area contributed by atoms with E-state index in [9.17, 15) is 8.60 Å². The predicted octanol–water partition coefficient (Wildman–Crippen LogP) is 3.95. The molecule has 0 spiro atoms. The second-order valence-corrected chi connectivity index (χ2v) is 9.66. The van der Waals surface area contributed by atoms with Gasteiger partial charge in [0.05, 0.1) is 25.9 Å². The zero-order valence-corrected chi connectivity index (χ0v) is 15.9. The molecule has 1 aliphatic rings. The minimum absolute atomic E-state index is 0.105. The average Bonchev–Trinajstić information content (AvgIpc) is 3.04. The van der Waals surface area contributed by atoms with Crippen molar-refractivity contribution >= 4 is 32.6 Å². The third-order valence-electron chi connectivity index (χ3n) is 4.58. The molecule has 2 heterocycles. The second kappa shape index (κ2) is 5.63. The largest absolute Gasteiger partial charge is 0.305 e. The number of nitrogens with zero attached hydrogens (tertiary/aromatic N) is 2. The molecular weight excluding hydrogens is 381 g/mol. The molecule has 1 saturated carbocycles. The van der Waals surface area contributed by atoms with Crippen LogP contribution in [0.15, 0.2) is 22.9 Å². The van der Waals surface area contributed by atoms with Gasteiger partial charge < -0.3 is 4.40 Å². The summed E-state index contributed by atoms with van der Waals surface area (Å²) in [6, 6.07) is 1.82. The van der Waals surface area contributed by atoms with Crippen molar-refractivity contribution < 1.29 is 8.60 Å². The van der Waals surface area contributed by atoms with Crippen LogP contribution < -0.4 is 5.14 Å². The molecule has 0 aromatic carbocycles. The molecule has 3 rings (SSSR count). The minimum atomic E-state index is -1.39. The molecule has 0 radical (unpaired) electrons. The lowest BCUT2D eigenvalue weighted by atomic mass is 9.96. The Morgan fingerprint density at radius 2 is 2.17 bits per heavy atom. The van der Waals surface area contributed by atoms with Crippen LogP contribution in [0, 0.1) is 0 Å². The van der Waals surface area contributed by atoms with Crippen LogP contribution in [-0.2, 0) is 16.7 Å². The van der Waals surface area contributed by atoms with Gasteiger partial charge in [-0.3, -0.25) is 5.14 Å². The van der Waals surface area contributed by atoms with Gasteiger partial charge in [0.2, 0.25) is 0 Å². The molecular formula is C16H21BrFN3OS. The smallest absolute Gasteiger partial charge is 0.151 e. The lowest BCUT2D eigenvalue weighted by Gasteiger charge is -2.24. The van der Waals surface area contributed by atoms with Crippen LogP contribution in [0.25, 0.3) is 5.65 Å². The van der Waals surface area contributed by atoms with E-state index in [2.05, 4.69) is 20.9 Å². The summed E-state index contributed by atoms with van der Waals surface area (Å²) in [5.41, 5.74) is 1.18. The van der Waals surface area contributed by atoms with Gasteiger partial charge in [0.25, 0.3) is 0 Å². The Balaban J connectivity index is 1.94. The molecule has 0 saturated heterocycles. The Kier molecular flexibility index (Phi) is 4.18. The van der Waals surface area contributed by atoms with Crippen LogP contribution in [-0.4, -0.2) is 18.3 Å². The number of aromatic nitrogens is 2. The van der Waals surface area contributed by atoms with Gasteiger partial charge in [-0.15, -0.1) is 0 Å². The average molecular weight is 402 g/mol. The third-order valence-corrected chi connectivity index (χ3v) is 6.42. The van der Waals surface area contributed by atoms with Gasteiger partial charge in [-0.25, -0.2) is 13.6 Å². The highest BCUT2D eigenvalue weighted by atomic mass is 79.9. The second-order valence-electron chi connectivity index (χ2n) is 7.10. The zero-order valence-electron chi connectivity index (χ0n) is 13.5. The molecule has 1 aliphatic carbocycles. The van der Waals surface area contributed by atoms with Gasteiger partial charge in [0.1, 0.15) is 5.67 Å². The molecule has 0 aliphatic heterocycles. The van der Waals surface area contributed by atoms with E-state index < -0.39 is 21.4 Å². The standard InChI is InChI=1S/C16H21BrFN3OS/c1-10(7-15(2,3)23(19)22)13-9-21-8-11(16(18)4-5-16)6-12(17)14(21)20-13/h6,8-10H,4-5,7,19H2,1-3H3/t10-,23?/m1/s1. The minimum Gasteiger partial charge on any atom is -0.305 e. The first kappa shape index (κ1) is 17.0. The normalized spacial score (nSPS) is 19.7. The maximum absolute atomic E-state index is 14.3. The molecule has 1 unspecified atom stereocenters. The summed E-state index contributed by atoms with van der Waals surface area (Å²) in [5, 5.41) is 5.57. The summed E-state index contributed by atoms with van der Waals surface area (Å²) in [7, 11) is -1.39. The topological polar surface area (TPSA) is 60.4 Å². The molecule has 0 bridgehead atoms. The fraction of sp³-hybridized carbons (Fsp3) is 0.562. The molecule has 1 fully saturated rings. The number of rotatable bonds is 5. The van der Waals surface area contributed by atoms with Gasteiger partial charge in [-0.2, -0.15) is 0 Å². The highest BCUT2D eigenvalue weighted by Gasteiger charge is 2.45. The maximum atomic E-state index is 14.3. The fourth-order valence-electron chi connectivity index (χ4n) is 2.88. The zero-order chi connectivity index (χ0) is 17.0. The van der Waals surface area contributed by atoms with Crippen molar-refractivity contribution in [3.05, 3.63) is 34.2 Å². The number of nitrogens with two attached hydrogens (primary N) is 1. The van der Waals surface area contributed by atoms with Crippen molar-refractivity contribution in [1.29, 1.82) is 0 Å². The van der Waals surface area contributed by atoms with E-state index in [4.69, 9.17) is 5.14 Å². The van der Waals surface area contributed by atoms with Gasteiger partial charge in [0, 0.05) is 23.9 Å². The van der Waals surface area contributed by atoms with Crippen molar-refractivity contribution in [2.75, 3.05) is 0 Å². The third kappa shape index (κ3) is 3.23. The Labute approximate surface area is 146 Å². The molecule has 23 heavy (non-hydrogen) atoms. The maximum Gasteiger partial charge on any atom is 0.151 e. The van der Waals surface area contributed by atoms with Gasteiger partial charge in [-0.1, -0.05) is 6.92 Å². The molecule has 2 aromatic heterocycles. The van der Waals surface area contributed by atoms with E-state index in [1.807, 2.05) is 43.6 Å². The Morgan fingerprint density at radius 3 is 2.74 bits per heavy atom. The number of hydrogen-bond donors (Lipinski definition) is 1. The Bertz CT molecular complexity index is 785. The van der Waals surface area contributed by atoms with Crippen molar-refractivity contribution in [3.63, 3.8) is 0 Å². The van der Waals surface area contributed by atoms with Crippen LogP contribution in [0.2, 0.25) is 0 Å². The quantitative estimate of drug-likeness (QED) is 0.823. The lowest BCUT2D eigenvalue weighted by molar-refractivity contribution is 0.316. The van der Waals surface area contributed by atoms with Crippen molar-refractivity contribution in [2.45, 2.75) is 56.4 Å². The first-order valence-electron chi connectivity index (χ1n) is 7.66. The SMILES string of the molecule is C[C@H](CC(C)(C)S(N)=O)c1cn2cc(C3(F)CC3)cc(Br)c2n1. The monoisotopic (exact) mass is 401 g/mol. The first-order valence-corrected chi connectivity index (χ1v) is 9.67. The molecule has 2 N–H and O–H groups in total. The van der Waals surface area contributed by atoms with Crippen molar-refractivity contribution in [1.82, 2.24) is 9.38 Å². The van der Waals surface area contributed by atoms with Crippen LogP contribution >= 0.6 is 15.9 Å². The Hall–Kier alpha value is -0.790. The first-order chi connectivity index (χ1) is 10.6. The van der Waals surface area contributed by atoms with Gasteiger partial charge in [-0.05, 0) is 55.1 Å². The molecule has 2 atom stereocenters. The highest BCUT2D eigenvalue weighted by Crippen LogP contribution is 2.50. The number of hydrogen-bond acceptors (Lipinski definition) is 2. The fourth-order valence-corrected chi connectivity index (χ4v) is 3.84.